The fraction of sp³-hybridized carbons (Fsp3) is 0.417. The summed E-state index contributed by atoms with van der Waals surface area (Å²) in [6.07, 6.45) is 0. The first kappa shape index (κ1) is 12.5. The van der Waals surface area contributed by atoms with Crippen LogP contribution in [0.1, 0.15) is 15.9 Å². The maximum atomic E-state index is 14.0. The summed E-state index contributed by atoms with van der Waals surface area (Å²) in [4.78, 5) is 13.8. The molecule has 0 saturated carbocycles. The Morgan fingerprint density at radius 1 is 1.41 bits per heavy atom. The third-order valence-corrected chi connectivity index (χ3v) is 3.46. The summed E-state index contributed by atoms with van der Waals surface area (Å²) in [5, 5.41) is 0. The van der Waals surface area contributed by atoms with E-state index in [0.717, 1.165) is 0 Å². The minimum absolute atomic E-state index is 0.118. The lowest BCUT2D eigenvalue weighted by molar-refractivity contribution is 0.0299. The largest absolute Gasteiger partial charge is 0.378 e. The van der Waals surface area contributed by atoms with Gasteiger partial charge in [-0.25, -0.2) is 4.39 Å². The van der Waals surface area contributed by atoms with Crippen molar-refractivity contribution in [1.29, 1.82) is 0 Å². The van der Waals surface area contributed by atoms with Gasteiger partial charge in [-0.2, -0.15) is 0 Å². The number of hydrogen-bond donors (Lipinski definition) is 0. The monoisotopic (exact) mass is 301 g/mol. The normalized spacial score (nSPS) is 16.1. The van der Waals surface area contributed by atoms with Crippen LogP contribution in [0, 0.1) is 12.7 Å². The van der Waals surface area contributed by atoms with Gasteiger partial charge in [-0.1, -0.05) is 6.07 Å². The van der Waals surface area contributed by atoms with Crippen LogP contribution in [0.2, 0.25) is 0 Å². The molecule has 0 N–H and O–H groups in total. The molecule has 0 radical (unpaired) electrons. The summed E-state index contributed by atoms with van der Waals surface area (Å²) in [5.41, 5.74) is 0.594. The van der Waals surface area contributed by atoms with Crippen molar-refractivity contribution in [1.82, 2.24) is 4.90 Å². The second-order valence-electron chi connectivity index (χ2n) is 3.96. The number of hydrogen-bond acceptors (Lipinski definition) is 2. The Bertz CT molecular complexity index is 444. The van der Waals surface area contributed by atoms with Crippen LogP contribution >= 0.6 is 15.9 Å². The van der Waals surface area contributed by atoms with E-state index in [-0.39, 0.29) is 11.5 Å². The van der Waals surface area contributed by atoms with E-state index in [4.69, 9.17) is 4.74 Å². The van der Waals surface area contributed by atoms with Crippen LogP contribution in [0.3, 0.4) is 0 Å². The van der Waals surface area contributed by atoms with Crippen molar-refractivity contribution in [3.8, 4) is 0 Å². The topological polar surface area (TPSA) is 29.5 Å². The number of halogens is 2. The maximum Gasteiger partial charge on any atom is 0.258 e. The Morgan fingerprint density at radius 3 is 2.71 bits per heavy atom. The molecule has 1 saturated heterocycles. The third-order valence-electron chi connectivity index (χ3n) is 2.80. The molecule has 3 nitrogen and oxygen atoms in total. The molecule has 0 unspecified atom stereocenters. The molecule has 1 amide bonds. The van der Waals surface area contributed by atoms with Crippen molar-refractivity contribution in [2.75, 3.05) is 26.3 Å². The van der Waals surface area contributed by atoms with Crippen LogP contribution < -0.4 is 0 Å². The lowest BCUT2D eigenvalue weighted by Gasteiger charge is -2.27. The fourth-order valence-corrected chi connectivity index (χ4v) is 2.25. The Balaban J connectivity index is 2.32. The van der Waals surface area contributed by atoms with Crippen molar-refractivity contribution < 1.29 is 13.9 Å². The predicted molar refractivity (Wildman–Crippen MR) is 65.6 cm³/mol. The number of ether oxygens (including phenoxy) is 1. The van der Waals surface area contributed by atoms with E-state index in [0.29, 0.717) is 36.3 Å². The molecule has 1 aliphatic rings. The summed E-state index contributed by atoms with van der Waals surface area (Å²) in [7, 11) is 0. The summed E-state index contributed by atoms with van der Waals surface area (Å²) < 4.78 is 19.6. The lowest BCUT2D eigenvalue weighted by Crippen LogP contribution is -2.41. The average Bonchev–Trinajstić information content (AvgIpc) is 2.35. The molecule has 0 aliphatic carbocycles. The van der Waals surface area contributed by atoms with Crippen LogP contribution in [-0.4, -0.2) is 37.1 Å². The highest BCUT2D eigenvalue weighted by atomic mass is 79.9. The molecule has 1 aromatic carbocycles. The van der Waals surface area contributed by atoms with Crippen molar-refractivity contribution in [3.05, 3.63) is 33.5 Å². The Kier molecular flexibility index (Phi) is 3.79. The van der Waals surface area contributed by atoms with E-state index in [9.17, 15) is 9.18 Å². The molecule has 0 atom stereocenters. The summed E-state index contributed by atoms with van der Waals surface area (Å²) in [6.45, 7) is 3.70. The van der Waals surface area contributed by atoms with Crippen LogP contribution in [-0.2, 0) is 4.74 Å². The molecule has 1 aromatic rings. The molecule has 0 bridgehead atoms. The molecule has 2 rings (SSSR count). The number of aryl methyl sites for hydroxylation is 1. The molecule has 1 aliphatic heterocycles. The van der Waals surface area contributed by atoms with Gasteiger partial charge in [0.15, 0.2) is 0 Å². The zero-order chi connectivity index (χ0) is 12.4. The Labute approximate surface area is 108 Å². The van der Waals surface area contributed by atoms with Gasteiger partial charge in [0, 0.05) is 17.6 Å². The zero-order valence-electron chi connectivity index (χ0n) is 9.50. The summed E-state index contributed by atoms with van der Waals surface area (Å²) in [5.74, 6) is -0.725. The molecule has 0 spiro atoms. The smallest absolute Gasteiger partial charge is 0.258 e. The second-order valence-corrected chi connectivity index (χ2v) is 4.81. The van der Waals surface area contributed by atoms with Gasteiger partial charge in [0.25, 0.3) is 5.91 Å². The highest BCUT2D eigenvalue weighted by Crippen LogP contribution is 2.24. The zero-order valence-corrected chi connectivity index (χ0v) is 11.1. The average molecular weight is 302 g/mol. The second kappa shape index (κ2) is 5.14. The highest BCUT2D eigenvalue weighted by molar-refractivity contribution is 9.10. The van der Waals surface area contributed by atoms with Crippen LogP contribution in [0.15, 0.2) is 16.6 Å². The number of benzene rings is 1. The van der Waals surface area contributed by atoms with Gasteiger partial charge in [-0.3, -0.25) is 4.79 Å². The fourth-order valence-electron chi connectivity index (χ4n) is 1.78. The number of morpholine rings is 1. The number of carbonyl (C=O) groups is 1. The molecular formula is C12H13BrFNO2. The van der Waals surface area contributed by atoms with E-state index in [2.05, 4.69) is 15.9 Å². The van der Waals surface area contributed by atoms with Gasteiger partial charge in [0.05, 0.1) is 18.8 Å². The van der Waals surface area contributed by atoms with E-state index >= 15 is 0 Å². The quantitative estimate of drug-likeness (QED) is 0.797. The van der Waals surface area contributed by atoms with Crippen molar-refractivity contribution in [2.45, 2.75) is 6.92 Å². The lowest BCUT2D eigenvalue weighted by atomic mass is 10.1. The van der Waals surface area contributed by atoms with Gasteiger partial charge in [0.1, 0.15) is 5.82 Å². The van der Waals surface area contributed by atoms with Gasteiger partial charge >= 0.3 is 0 Å². The van der Waals surface area contributed by atoms with Crippen LogP contribution in [0.4, 0.5) is 4.39 Å². The van der Waals surface area contributed by atoms with E-state index < -0.39 is 5.82 Å². The molecule has 92 valence electrons. The van der Waals surface area contributed by atoms with Gasteiger partial charge < -0.3 is 9.64 Å². The maximum absolute atomic E-state index is 14.0. The molecule has 17 heavy (non-hydrogen) atoms. The van der Waals surface area contributed by atoms with E-state index in [1.807, 2.05) is 0 Å². The van der Waals surface area contributed by atoms with Crippen molar-refractivity contribution in [2.24, 2.45) is 0 Å². The molecule has 5 heteroatoms. The van der Waals surface area contributed by atoms with Gasteiger partial charge in [0.2, 0.25) is 0 Å². The number of rotatable bonds is 1. The molecular weight excluding hydrogens is 289 g/mol. The highest BCUT2D eigenvalue weighted by Gasteiger charge is 2.24. The first-order valence-electron chi connectivity index (χ1n) is 5.43. The standard InChI is InChI=1S/C12H13BrFNO2/c1-8-2-3-9(13)10(11(8)14)12(16)15-4-6-17-7-5-15/h2-3H,4-7H2,1H3. The van der Waals surface area contributed by atoms with E-state index in [1.165, 1.54) is 0 Å². The Morgan fingerprint density at radius 2 is 2.06 bits per heavy atom. The third kappa shape index (κ3) is 2.50. The minimum Gasteiger partial charge on any atom is -0.378 e. The molecule has 0 aromatic heterocycles. The summed E-state index contributed by atoms with van der Waals surface area (Å²) in [6, 6.07) is 3.35. The first-order valence-corrected chi connectivity index (χ1v) is 6.22. The van der Waals surface area contributed by atoms with Crippen LogP contribution in [0.25, 0.3) is 0 Å². The Hall–Kier alpha value is -0.940. The van der Waals surface area contributed by atoms with E-state index in [1.54, 1.807) is 24.0 Å². The predicted octanol–water partition coefficient (Wildman–Crippen LogP) is 2.37. The van der Waals surface area contributed by atoms with Crippen molar-refractivity contribution >= 4 is 21.8 Å². The summed E-state index contributed by atoms with van der Waals surface area (Å²) >= 11 is 3.23. The SMILES string of the molecule is Cc1ccc(Br)c(C(=O)N2CCOCC2)c1F. The number of nitrogens with zero attached hydrogens (tertiary/aromatic N) is 1. The number of carbonyl (C=O) groups excluding carboxylic acids is 1. The van der Waals surface area contributed by atoms with Gasteiger partial charge in [-0.15, -0.1) is 0 Å². The first-order chi connectivity index (χ1) is 8.11. The minimum atomic E-state index is -0.448. The number of amides is 1. The molecule has 1 heterocycles. The molecule has 1 fully saturated rings. The van der Waals surface area contributed by atoms with Gasteiger partial charge in [-0.05, 0) is 34.5 Å². The van der Waals surface area contributed by atoms with Crippen molar-refractivity contribution in [3.63, 3.8) is 0 Å². The van der Waals surface area contributed by atoms with Crippen LogP contribution in [0.5, 0.6) is 0 Å².